The van der Waals surface area contributed by atoms with Gasteiger partial charge in [0.1, 0.15) is 5.69 Å². The number of benzene rings is 9. The molecule has 0 radical (unpaired) electrons. The van der Waals surface area contributed by atoms with Crippen molar-refractivity contribution in [3.8, 4) is 62.2 Å². The second kappa shape index (κ2) is 13.5. The molecule has 0 aliphatic heterocycles. The van der Waals surface area contributed by atoms with Crippen molar-refractivity contribution in [2.45, 2.75) is 0 Å². The maximum absolute atomic E-state index is 5.37. The Morgan fingerprint density at radius 1 is 0.333 bits per heavy atom. The molecule has 0 saturated heterocycles. The highest BCUT2D eigenvalue weighted by Crippen LogP contribution is 2.43. The van der Waals surface area contributed by atoms with Gasteiger partial charge < -0.3 is 0 Å². The summed E-state index contributed by atoms with van der Waals surface area (Å²) in [6, 6.07) is 69.8. The first-order chi connectivity index (χ1) is 28.3. The minimum atomic E-state index is 0.612. The lowest BCUT2D eigenvalue weighted by molar-refractivity contribution is 0.918. The zero-order chi connectivity index (χ0) is 37.7. The number of fused-ring (bicyclic) bond motifs is 6. The molecular formula is C52H33N5. The van der Waals surface area contributed by atoms with Crippen molar-refractivity contribution in [1.29, 1.82) is 0 Å². The highest BCUT2D eigenvalue weighted by Gasteiger charge is 2.22. The molecule has 0 spiro atoms. The summed E-state index contributed by atoms with van der Waals surface area (Å²) in [5.74, 6) is 1.87. The average molecular weight is 728 g/mol. The van der Waals surface area contributed by atoms with E-state index in [-0.39, 0.29) is 0 Å². The molecule has 5 nitrogen and oxygen atoms in total. The average Bonchev–Trinajstić information content (AvgIpc) is 3.70. The molecular weight excluding hydrogens is 695 g/mol. The molecule has 9 aromatic carbocycles. The van der Waals surface area contributed by atoms with Crippen LogP contribution in [0.15, 0.2) is 200 Å². The van der Waals surface area contributed by atoms with Crippen molar-refractivity contribution in [2.75, 3.05) is 0 Å². The van der Waals surface area contributed by atoms with Gasteiger partial charge in [-0.1, -0.05) is 170 Å². The number of rotatable bonds is 6. The smallest absolute Gasteiger partial charge is 0.164 e. The maximum Gasteiger partial charge on any atom is 0.164 e. The van der Waals surface area contributed by atoms with Gasteiger partial charge in [-0.3, -0.25) is 0 Å². The molecule has 0 bridgehead atoms. The van der Waals surface area contributed by atoms with Gasteiger partial charge in [0.05, 0.1) is 11.2 Å². The highest BCUT2D eigenvalue weighted by atomic mass is 15.3. The highest BCUT2D eigenvalue weighted by molar-refractivity contribution is 6.18. The van der Waals surface area contributed by atoms with Gasteiger partial charge in [0.25, 0.3) is 0 Å². The SMILES string of the molecule is c1ccc(-c2nc(-c3ccc4c(c3)cc(-c3ccccc3)c3c(-c5ccccc5)nn(-c5ccccc5)c34)nc(-c3cc4ccccc4c4ccccc34)n2)cc1. The monoisotopic (exact) mass is 727 g/mol. The van der Waals surface area contributed by atoms with E-state index in [9.17, 15) is 0 Å². The van der Waals surface area contributed by atoms with Gasteiger partial charge in [0, 0.05) is 33.0 Å². The van der Waals surface area contributed by atoms with E-state index in [4.69, 9.17) is 20.1 Å². The van der Waals surface area contributed by atoms with Gasteiger partial charge in [-0.2, -0.15) is 5.10 Å². The first kappa shape index (κ1) is 32.7. The molecule has 5 heteroatoms. The predicted octanol–water partition coefficient (Wildman–Crippen LogP) is 13.0. The van der Waals surface area contributed by atoms with Crippen LogP contribution in [0, 0.1) is 0 Å². The molecule has 0 atom stereocenters. The zero-order valence-corrected chi connectivity index (χ0v) is 30.8. The van der Waals surface area contributed by atoms with Crippen LogP contribution in [0.5, 0.6) is 0 Å². The van der Waals surface area contributed by atoms with Crippen LogP contribution in [-0.4, -0.2) is 24.7 Å². The van der Waals surface area contributed by atoms with E-state index in [1.54, 1.807) is 0 Å². The van der Waals surface area contributed by atoms with E-state index < -0.39 is 0 Å². The lowest BCUT2D eigenvalue weighted by Crippen LogP contribution is -2.01. The topological polar surface area (TPSA) is 56.5 Å². The molecule has 0 N–H and O–H groups in total. The summed E-state index contributed by atoms with van der Waals surface area (Å²) in [5.41, 5.74) is 9.09. The fourth-order valence-corrected chi connectivity index (χ4v) is 8.17. The molecule has 11 rings (SSSR count). The van der Waals surface area contributed by atoms with Gasteiger partial charge in [0.2, 0.25) is 0 Å². The second-order valence-electron chi connectivity index (χ2n) is 14.3. The summed E-state index contributed by atoms with van der Waals surface area (Å²) < 4.78 is 2.10. The maximum atomic E-state index is 5.37. The Morgan fingerprint density at radius 2 is 0.877 bits per heavy atom. The standard InChI is InChI=1S/C52H33N5/c1-5-17-34(18-6-1)45-33-39-31-38(29-30-42(39)49-47(45)48(35-19-7-2-8-20-35)56-57(49)40-24-11-4-12-25-40)51-53-50(36-21-9-3-10-22-36)54-52(55-51)46-32-37-23-13-14-26-41(37)43-27-15-16-28-44(43)46/h1-33H. The largest absolute Gasteiger partial charge is 0.232 e. The van der Waals surface area contributed by atoms with Gasteiger partial charge in [-0.15, -0.1) is 0 Å². The van der Waals surface area contributed by atoms with Crippen molar-refractivity contribution in [3.05, 3.63) is 200 Å². The van der Waals surface area contributed by atoms with Gasteiger partial charge in [0.15, 0.2) is 17.5 Å². The molecule has 11 aromatic rings. The molecule has 0 aliphatic carbocycles. The van der Waals surface area contributed by atoms with Gasteiger partial charge in [-0.05, 0) is 68.4 Å². The third-order valence-corrected chi connectivity index (χ3v) is 10.8. The van der Waals surface area contributed by atoms with Crippen LogP contribution < -0.4 is 0 Å². The first-order valence-electron chi connectivity index (χ1n) is 19.2. The number of nitrogens with zero attached hydrogens (tertiary/aromatic N) is 5. The minimum absolute atomic E-state index is 0.612. The van der Waals surface area contributed by atoms with E-state index in [1.807, 2.05) is 30.3 Å². The number of aromatic nitrogens is 5. The lowest BCUT2D eigenvalue weighted by atomic mass is 9.93. The van der Waals surface area contributed by atoms with E-state index in [0.29, 0.717) is 17.5 Å². The Balaban J connectivity index is 1.19. The summed E-state index contributed by atoms with van der Waals surface area (Å²) in [6.07, 6.45) is 0. The molecule has 0 amide bonds. The van der Waals surface area contributed by atoms with E-state index >= 15 is 0 Å². The van der Waals surface area contributed by atoms with Crippen LogP contribution in [0.4, 0.5) is 0 Å². The van der Waals surface area contributed by atoms with Crippen LogP contribution in [0.2, 0.25) is 0 Å². The third-order valence-electron chi connectivity index (χ3n) is 10.8. The van der Waals surface area contributed by atoms with Crippen LogP contribution >= 0.6 is 0 Å². The fourth-order valence-electron chi connectivity index (χ4n) is 8.17. The normalized spacial score (nSPS) is 11.5. The van der Waals surface area contributed by atoms with Crippen LogP contribution in [-0.2, 0) is 0 Å². The molecule has 0 saturated carbocycles. The Kier molecular flexibility index (Phi) is 7.74. The van der Waals surface area contributed by atoms with Gasteiger partial charge in [-0.25, -0.2) is 19.6 Å². The summed E-state index contributed by atoms with van der Waals surface area (Å²) >= 11 is 0. The summed E-state index contributed by atoms with van der Waals surface area (Å²) in [6.45, 7) is 0. The molecule has 0 unspecified atom stereocenters. The van der Waals surface area contributed by atoms with Gasteiger partial charge >= 0.3 is 0 Å². The Hall–Kier alpha value is -7.76. The summed E-state index contributed by atoms with van der Waals surface area (Å²) in [7, 11) is 0. The second-order valence-corrected chi connectivity index (χ2v) is 14.3. The van der Waals surface area contributed by atoms with Crippen LogP contribution in [0.3, 0.4) is 0 Å². The van der Waals surface area contributed by atoms with Crippen LogP contribution in [0.1, 0.15) is 0 Å². The quantitative estimate of drug-likeness (QED) is 0.160. The number of hydrogen-bond donors (Lipinski definition) is 0. The van der Waals surface area contributed by atoms with Crippen molar-refractivity contribution >= 4 is 43.2 Å². The van der Waals surface area contributed by atoms with Crippen molar-refractivity contribution < 1.29 is 0 Å². The Labute approximate surface area is 329 Å². The minimum Gasteiger partial charge on any atom is -0.232 e. The molecule has 57 heavy (non-hydrogen) atoms. The van der Waals surface area contributed by atoms with Crippen molar-refractivity contribution in [1.82, 2.24) is 24.7 Å². The molecule has 0 aliphatic rings. The van der Waals surface area contributed by atoms with E-state index in [0.717, 1.165) is 77.2 Å². The number of hydrogen-bond acceptors (Lipinski definition) is 4. The Morgan fingerprint density at radius 3 is 1.60 bits per heavy atom. The summed E-state index contributed by atoms with van der Waals surface area (Å²) in [5, 5.41) is 13.2. The predicted molar refractivity (Wildman–Crippen MR) is 234 cm³/mol. The fraction of sp³-hybridized carbons (Fsp3) is 0. The van der Waals surface area contributed by atoms with E-state index in [2.05, 4.69) is 175 Å². The molecule has 0 fully saturated rings. The van der Waals surface area contributed by atoms with Crippen molar-refractivity contribution in [2.24, 2.45) is 0 Å². The van der Waals surface area contributed by atoms with Crippen molar-refractivity contribution in [3.63, 3.8) is 0 Å². The van der Waals surface area contributed by atoms with E-state index in [1.165, 1.54) is 10.8 Å². The molecule has 2 aromatic heterocycles. The van der Waals surface area contributed by atoms with Crippen LogP contribution in [0.25, 0.3) is 105 Å². The zero-order valence-electron chi connectivity index (χ0n) is 30.8. The molecule has 2 heterocycles. The summed E-state index contributed by atoms with van der Waals surface area (Å²) in [4.78, 5) is 15.6. The Bertz CT molecular complexity index is 3270. The number of para-hydroxylation sites is 1. The molecule has 266 valence electrons. The lowest BCUT2D eigenvalue weighted by Gasteiger charge is -2.14. The first-order valence-corrected chi connectivity index (χ1v) is 19.2. The third kappa shape index (κ3) is 5.64.